The van der Waals surface area contributed by atoms with Gasteiger partial charge < -0.3 is 14.2 Å². The summed E-state index contributed by atoms with van der Waals surface area (Å²) in [7, 11) is 0. The van der Waals surface area contributed by atoms with Gasteiger partial charge in [0.05, 0.1) is 40.9 Å². The van der Waals surface area contributed by atoms with Crippen LogP contribution in [0.5, 0.6) is 0 Å². The summed E-state index contributed by atoms with van der Waals surface area (Å²) in [5.74, 6) is -1.76. The first kappa shape index (κ1) is 23.1. The van der Waals surface area contributed by atoms with Gasteiger partial charge in [-0.05, 0) is 13.8 Å². The molecule has 35 heavy (non-hydrogen) atoms. The molecule has 182 valence electrons. The number of amides is 2. The third-order valence-electron chi connectivity index (χ3n) is 6.77. The monoisotopic (exact) mass is 555 g/mol. The Hall–Kier alpha value is -2.31. The predicted molar refractivity (Wildman–Crippen MR) is 128 cm³/mol. The number of thiazole rings is 1. The van der Waals surface area contributed by atoms with E-state index in [0.717, 1.165) is 11.3 Å². The Balaban J connectivity index is 1.61. The Morgan fingerprint density at radius 3 is 2.63 bits per heavy atom. The number of halogens is 3. The predicted octanol–water partition coefficient (Wildman–Crippen LogP) is 3.45. The molecule has 0 bridgehead atoms. The number of rotatable bonds is 1. The summed E-state index contributed by atoms with van der Waals surface area (Å²) in [4.78, 5) is 49.9. The number of carbonyl (C=O) groups is 3. The molecule has 3 aliphatic rings. The fourth-order valence-electron chi connectivity index (χ4n) is 5.53. The second-order valence-corrected chi connectivity index (χ2v) is 11.2. The number of morpholine rings is 1. The summed E-state index contributed by atoms with van der Waals surface area (Å²) in [6.45, 7) is 4.05. The van der Waals surface area contributed by atoms with Crippen LogP contribution in [0.4, 0.5) is 5.69 Å². The molecular weight excluding hydrogens is 541 g/mol. The molecule has 1 unspecified atom stereocenters. The van der Waals surface area contributed by atoms with E-state index in [4.69, 9.17) is 49.0 Å². The molecule has 3 aromatic heterocycles. The van der Waals surface area contributed by atoms with Crippen molar-refractivity contribution in [3.63, 3.8) is 0 Å². The quantitative estimate of drug-likeness (QED) is 0.354. The van der Waals surface area contributed by atoms with E-state index in [1.807, 2.05) is 11.8 Å². The maximum atomic E-state index is 13.4. The van der Waals surface area contributed by atoms with E-state index in [2.05, 4.69) is 15.5 Å². The molecular formula is C21H16Cl3N5O5S. The molecule has 1 spiro atoms. The van der Waals surface area contributed by atoms with Crippen LogP contribution in [0.2, 0.25) is 14.6 Å². The summed E-state index contributed by atoms with van der Waals surface area (Å²) < 4.78 is 11.8. The number of nitrogens with zero attached hydrogens (tertiary/aromatic N) is 4. The minimum absolute atomic E-state index is 0.0685. The highest BCUT2D eigenvalue weighted by Crippen LogP contribution is 2.51. The molecule has 6 heterocycles. The molecule has 3 aromatic rings. The number of fused-ring (bicyclic) bond motifs is 5. The molecule has 6 rings (SSSR count). The molecule has 2 saturated heterocycles. The lowest BCUT2D eigenvalue weighted by Crippen LogP contribution is -2.72. The second kappa shape index (κ2) is 7.84. The van der Waals surface area contributed by atoms with Crippen molar-refractivity contribution in [2.75, 3.05) is 11.4 Å². The van der Waals surface area contributed by atoms with Crippen molar-refractivity contribution in [1.82, 2.24) is 20.4 Å². The number of carbonyl (C=O) groups excluding carboxylic acids is 3. The summed E-state index contributed by atoms with van der Waals surface area (Å²) in [5.41, 5.74) is 0.219. The number of aromatic nitrogens is 3. The van der Waals surface area contributed by atoms with Gasteiger partial charge in [0.2, 0.25) is 17.4 Å². The minimum atomic E-state index is -1.58. The lowest BCUT2D eigenvalue weighted by Gasteiger charge is -2.55. The Morgan fingerprint density at radius 2 is 1.94 bits per heavy atom. The topological polar surface area (TPSA) is 128 Å². The molecule has 1 N–H and O–H groups in total. The highest BCUT2D eigenvalue weighted by Gasteiger charge is 2.63. The summed E-state index contributed by atoms with van der Waals surface area (Å²) in [6, 6.07) is -0.694. The lowest BCUT2D eigenvalue weighted by atomic mass is 9.64. The van der Waals surface area contributed by atoms with E-state index in [1.165, 1.54) is 0 Å². The van der Waals surface area contributed by atoms with E-state index in [9.17, 15) is 14.4 Å². The van der Waals surface area contributed by atoms with Crippen molar-refractivity contribution >= 4 is 80.5 Å². The molecule has 0 saturated carbocycles. The maximum Gasteiger partial charge on any atom is 0.242 e. The van der Waals surface area contributed by atoms with Crippen LogP contribution in [-0.2, 0) is 25.5 Å². The lowest BCUT2D eigenvalue weighted by molar-refractivity contribution is -0.158. The number of piperidine rings is 1. The summed E-state index contributed by atoms with van der Waals surface area (Å²) in [5, 5.41) is 6.85. The van der Waals surface area contributed by atoms with Crippen molar-refractivity contribution in [2.24, 2.45) is 5.41 Å². The number of ether oxygens (including phenoxy) is 1. The number of imide groups is 1. The van der Waals surface area contributed by atoms with Crippen LogP contribution in [-0.4, -0.2) is 57.5 Å². The first-order valence-corrected chi connectivity index (χ1v) is 12.7. The number of nitrogens with one attached hydrogen (secondary N) is 1. The fraction of sp³-hybridized carbons (Fsp3) is 0.429. The van der Waals surface area contributed by atoms with Crippen molar-refractivity contribution in [2.45, 2.75) is 44.9 Å². The van der Waals surface area contributed by atoms with Gasteiger partial charge in [0.15, 0.2) is 21.1 Å². The molecule has 0 aromatic carbocycles. The Bertz CT molecular complexity index is 1430. The van der Waals surface area contributed by atoms with Crippen molar-refractivity contribution < 1.29 is 23.6 Å². The number of hydrogen-bond acceptors (Lipinski definition) is 10. The second-order valence-electron chi connectivity index (χ2n) is 8.89. The first-order valence-electron chi connectivity index (χ1n) is 10.7. The van der Waals surface area contributed by atoms with Crippen LogP contribution in [0, 0.1) is 5.41 Å². The van der Waals surface area contributed by atoms with Crippen LogP contribution in [0.25, 0.3) is 21.7 Å². The third-order valence-corrected chi connectivity index (χ3v) is 8.67. The zero-order chi connectivity index (χ0) is 24.8. The highest BCUT2D eigenvalue weighted by atomic mass is 35.5. The van der Waals surface area contributed by atoms with Gasteiger partial charge in [0.1, 0.15) is 16.0 Å². The Labute approximate surface area is 216 Å². The molecule has 2 fully saturated rings. The van der Waals surface area contributed by atoms with Gasteiger partial charge in [-0.2, -0.15) is 0 Å². The standard InChI is InChI=1S/C21H16Cl3N5O5S/c1-6-5-29-14-8(4-21(17(29)7(2)33-6)9(30)3-10(31)26-19(21)32)25-12-13(28-34-15(12)11(14)22)16-18(23)27-20(24)35-16/h6-7,17H,3-5H2,1-2H3,(H,26,31,32)/t6-,7+,17-,21?/m1/s1. The van der Waals surface area contributed by atoms with Gasteiger partial charge in [0.25, 0.3) is 0 Å². The van der Waals surface area contributed by atoms with E-state index in [-0.39, 0.29) is 32.8 Å². The number of pyridine rings is 1. The molecule has 10 nitrogen and oxygen atoms in total. The highest BCUT2D eigenvalue weighted by molar-refractivity contribution is 7.19. The minimum Gasteiger partial charge on any atom is -0.372 e. The van der Waals surface area contributed by atoms with E-state index < -0.39 is 41.6 Å². The van der Waals surface area contributed by atoms with Gasteiger partial charge in [-0.15, -0.1) is 0 Å². The smallest absolute Gasteiger partial charge is 0.242 e. The molecule has 3 aliphatic heterocycles. The van der Waals surface area contributed by atoms with Crippen LogP contribution in [0.3, 0.4) is 0 Å². The van der Waals surface area contributed by atoms with Gasteiger partial charge >= 0.3 is 0 Å². The normalized spacial score (nSPS) is 28.4. The van der Waals surface area contributed by atoms with Crippen LogP contribution in [0.15, 0.2) is 4.52 Å². The third kappa shape index (κ3) is 3.18. The first-order chi connectivity index (χ1) is 16.6. The largest absolute Gasteiger partial charge is 0.372 e. The van der Waals surface area contributed by atoms with E-state index in [0.29, 0.717) is 34.0 Å². The Morgan fingerprint density at radius 1 is 1.17 bits per heavy atom. The number of Topliss-reactive ketones (excluding diaryl/α,β-unsaturated/α-hetero) is 1. The van der Waals surface area contributed by atoms with Crippen LogP contribution >= 0.6 is 46.1 Å². The van der Waals surface area contributed by atoms with Crippen molar-refractivity contribution in [3.05, 3.63) is 20.3 Å². The van der Waals surface area contributed by atoms with Gasteiger partial charge in [-0.1, -0.05) is 51.3 Å². The molecule has 0 aliphatic carbocycles. The SMILES string of the molecule is C[C@@H]1CN2c3c(nc4c(-c5sc(Cl)nc5Cl)noc4c3Cl)CC3(C(=O)CC(=O)NC3=O)[C@H]2[C@H](C)O1. The molecule has 14 heteroatoms. The summed E-state index contributed by atoms with van der Waals surface area (Å²) >= 11 is 20.2. The van der Waals surface area contributed by atoms with Gasteiger partial charge in [-0.3, -0.25) is 19.7 Å². The van der Waals surface area contributed by atoms with E-state index in [1.54, 1.807) is 6.92 Å². The molecule has 2 amide bonds. The number of hydrogen-bond donors (Lipinski definition) is 1. The van der Waals surface area contributed by atoms with Crippen molar-refractivity contribution in [1.29, 1.82) is 0 Å². The zero-order valence-electron chi connectivity index (χ0n) is 18.2. The van der Waals surface area contributed by atoms with Crippen molar-refractivity contribution in [3.8, 4) is 10.6 Å². The molecule has 4 atom stereocenters. The average Bonchev–Trinajstić information content (AvgIpc) is 3.33. The fourth-order valence-corrected chi connectivity index (χ4v) is 7.23. The number of ketones is 1. The maximum absolute atomic E-state index is 13.4. The summed E-state index contributed by atoms with van der Waals surface area (Å²) in [6.07, 6.45) is -1.20. The van der Waals surface area contributed by atoms with Gasteiger partial charge in [-0.25, -0.2) is 9.97 Å². The zero-order valence-corrected chi connectivity index (χ0v) is 21.3. The van der Waals surface area contributed by atoms with Crippen LogP contribution in [0.1, 0.15) is 26.0 Å². The molecule has 0 radical (unpaired) electrons. The van der Waals surface area contributed by atoms with Gasteiger partial charge in [0, 0.05) is 13.0 Å². The number of anilines is 1. The van der Waals surface area contributed by atoms with E-state index >= 15 is 0 Å². The van der Waals surface area contributed by atoms with Crippen LogP contribution < -0.4 is 10.2 Å². The average molecular weight is 557 g/mol. The Kier molecular flexibility index (Phi) is 5.18.